The number of aromatic nitrogens is 2. The SMILES string of the molecule is C[C@@H]1CN(c2ncc(C(F)(F)F)cn2)C[C@@H](C)N1C(=O)OC1CCN(CCC(C)(C)C)CC1. The molecule has 2 fully saturated rings. The highest BCUT2D eigenvalue weighted by molar-refractivity contribution is 5.69. The molecule has 1 amide bonds. The molecule has 0 N–H and O–H groups in total. The number of carbonyl (C=O) groups excluding carboxylic acids is 1. The summed E-state index contributed by atoms with van der Waals surface area (Å²) in [6.07, 6.45) is -0.479. The third kappa shape index (κ3) is 6.94. The average molecular weight is 472 g/mol. The maximum atomic E-state index is 12.9. The Balaban J connectivity index is 1.50. The molecule has 0 saturated carbocycles. The number of likely N-dealkylation sites (tertiary alicyclic amines) is 1. The second-order valence-corrected chi connectivity index (χ2v) is 10.5. The fourth-order valence-electron chi connectivity index (χ4n) is 4.42. The van der Waals surface area contributed by atoms with E-state index in [-0.39, 0.29) is 30.2 Å². The summed E-state index contributed by atoms with van der Waals surface area (Å²) in [5.74, 6) is 0.234. The van der Waals surface area contributed by atoms with Gasteiger partial charge in [0.15, 0.2) is 0 Å². The van der Waals surface area contributed by atoms with Crippen molar-refractivity contribution in [3.8, 4) is 0 Å². The lowest BCUT2D eigenvalue weighted by molar-refractivity contribution is -0.138. The number of piperidine rings is 1. The number of carbonyl (C=O) groups is 1. The van der Waals surface area contributed by atoms with E-state index >= 15 is 0 Å². The van der Waals surface area contributed by atoms with Crippen molar-refractivity contribution in [2.24, 2.45) is 5.41 Å². The molecule has 2 aliphatic rings. The molecule has 7 nitrogen and oxygen atoms in total. The zero-order valence-corrected chi connectivity index (χ0v) is 20.2. The first kappa shape index (κ1) is 25.5. The lowest BCUT2D eigenvalue weighted by atomic mass is 9.91. The van der Waals surface area contributed by atoms with Crippen LogP contribution < -0.4 is 4.90 Å². The van der Waals surface area contributed by atoms with Crippen molar-refractivity contribution < 1.29 is 22.7 Å². The van der Waals surface area contributed by atoms with Gasteiger partial charge in [0.1, 0.15) is 6.10 Å². The molecule has 0 bridgehead atoms. The zero-order valence-electron chi connectivity index (χ0n) is 20.2. The van der Waals surface area contributed by atoms with E-state index in [0.717, 1.165) is 51.3 Å². The first-order chi connectivity index (χ1) is 15.3. The third-order valence-electron chi connectivity index (χ3n) is 6.36. The Kier molecular flexibility index (Phi) is 7.76. The van der Waals surface area contributed by atoms with Gasteiger partial charge in [0.2, 0.25) is 5.95 Å². The van der Waals surface area contributed by atoms with Crippen molar-refractivity contribution in [2.75, 3.05) is 37.6 Å². The molecule has 0 aliphatic carbocycles. The van der Waals surface area contributed by atoms with Gasteiger partial charge in [-0.2, -0.15) is 13.2 Å². The smallest absolute Gasteiger partial charge is 0.419 e. The summed E-state index contributed by atoms with van der Waals surface area (Å²) >= 11 is 0. The van der Waals surface area contributed by atoms with Crippen LogP contribution in [0.4, 0.5) is 23.9 Å². The number of piperazine rings is 1. The Morgan fingerprint density at radius 3 is 2.09 bits per heavy atom. The van der Waals surface area contributed by atoms with Gasteiger partial charge < -0.3 is 14.5 Å². The number of anilines is 1. The highest BCUT2D eigenvalue weighted by Crippen LogP contribution is 2.29. The number of alkyl halides is 3. The molecule has 1 aromatic heterocycles. The minimum Gasteiger partial charge on any atom is -0.446 e. The molecule has 0 spiro atoms. The van der Waals surface area contributed by atoms with Crippen LogP contribution in [0.25, 0.3) is 0 Å². The number of hydrogen-bond acceptors (Lipinski definition) is 6. The maximum absolute atomic E-state index is 12.9. The van der Waals surface area contributed by atoms with Crippen LogP contribution in [0, 0.1) is 5.41 Å². The minimum absolute atomic E-state index is 0.0842. The van der Waals surface area contributed by atoms with Crippen LogP contribution in [0.5, 0.6) is 0 Å². The van der Waals surface area contributed by atoms with E-state index in [1.165, 1.54) is 0 Å². The quantitative estimate of drug-likeness (QED) is 0.648. The van der Waals surface area contributed by atoms with Crippen molar-refractivity contribution in [2.45, 2.75) is 78.2 Å². The summed E-state index contributed by atoms with van der Waals surface area (Å²) in [5, 5.41) is 0. The third-order valence-corrected chi connectivity index (χ3v) is 6.36. The topological polar surface area (TPSA) is 61.8 Å². The van der Waals surface area contributed by atoms with Crippen LogP contribution >= 0.6 is 0 Å². The summed E-state index contributed by atoms with van der Waals surface area (Å²) in [4.78, 5) is 26.7. The van der Waals surface area contributed by atoms with Crippen molar-refractivity contribution in [3.63, 3.8) is 0 Å². The molecule has 0 radical (unpaired) electrons. The van der Waals surface area contributed by atoms with E-state index < -0.39 is 11.7 Å². The number of rotatable bonds is 4. The highest BCUT2D eigenvalue weighted by Gasteiger charge is 2.37. The van der Waals surface area contributed by atoms with Crippen molar-refractivity contribution in [3.05, 3.63) is 18.0 Å². The predicted molar refractivity (Wildman–Crippen MR) is 120 cm³/mol. The summed E-state index contributed by atoms with van der Waals surface area (Å²) in [6, 6.07) is -0.363. The molecule has 1 aromatic rings. The molecule has 10 heteroatoms. The molecular formula is C23H36F3N5O2. The molecule has 3 rings (SSSR count). The molecule has 0 aromatic carbocycles. The second kappa shape index (κ2) is 10.0. The maximum Gasteiger partial charge on any atom is 0.419 e. The fourth-order valence-corrected chi connectivity index (χ4v) is 4.42. The molecule has 2 atom stereocenters. The van der Waals surface area contributed by atoms with Crippen LogP contribution in [0.1, 0.15) is 59.4 Å². The van der Waals surface area contributed by atoms with Crippen molar-refractivity contribution >= 4 is 12.0 Å². The zero-order chi connectivity index (χ0) is 24.4. The Labute approximate surface area is 194 Å². The van der Waals surface area contributed by atoms with Gasteiger partial charge >= 0.3 is 12.3 Å². The Hall–Kier alpha value is -2.10. The van der Waals surface area contributed by atoms with E-state index in [1.807, 2.05) is 18.7 Å². The molecule has 2 aliphatic heterocycles. The van der Waals surface area contributed by atoms with Crippen LogP contribution in [0.2, 0.25) is 0 Å². The highest BCUT2D eigenvalue weighted by atomic mass is 19.4. The molecule has 3 heterocycles. The van der Waals surface area contributed by atoms with Crippen LogP contribution in [0.3, 0.4) is 0 Å². The molecular weight excluding hydrogens is 435 g/mol. The van der Waals surface area contributed by atoms with Gasteiger partial charge in [-0.1, -0.05) is 20.8 Å². The van der Waals surface area contributed by atoms with E-state index in [1.54, 1.807) is 4.90 Å². The van der Waals surface area contributed by atoms with E-state index in [9.17, 15) is 18.0 Å². The van der Waals surface area contributed by atoms with Crippen LogP contribution in [-0.4, -0.2) is 76.8 Å². The summed E-state index contributed by atoms with van der Waals surface area (Å²) in [6.45, 7) is 14.3. The lowest BCUT2D eigenvalue weighted by Crippen LogP contribution is -2.59. The Bertz CT molecular complexity index is 777. The molecule has 186 valence electrons. The van der Waals surface area contributed by atoms with Gasteiger partial charge in [-0.15, -0.1) is 0 Å². The van der Waals surface area contributed by atoms with Gasteiger partial charge in [-0.05, 0) is 45.1 Å². The largest absolute Gasteiger partial charge is 0.446 e. The number of ether oxygens (including phenoxy) is 1. The Morgan fingerprint density at radius 1 is 1.06 bits per heavy atom. The predicted octanol–water partition coefficient (Wildman–Crippen LogP) is 4.43. The standard InChI is InChI=1S/C23H36F3N5O2/c1-16-14-30(20-27-12-18(13-28-20)23(24,25)26)15-17(2)31(16)21(32)33-19-6-9-29(10-7-19)11-8-22(3,4)5/h12-13,16-17,19H,6-11,14-15H2,1-5H3/t16-,17-/m1/s1. The lowest BCUT2D eigenvalue weighted by Gasteiger charge is -2.44. The van der Waals surface area contributed by atoms with Crippen molar-refractivity contribution in [1.82, 2.24) is 19.8 Å². The minimum atomic E-state index is -4.47. The molecule has 0 unspecified atom stereocenters. The normalized spacial score (nSPS) is 23.6. The van der Waals surface area contributed by atoms with Gasteiger partial charge in [-0.25, -0.2) is 14.8 Å². The number of hydrogen-bond donors (Lipinski definition) is 0. The number of nitrogens with zero attached hydrogens (tertiary/aromatic N) is 5. The van der Waals surface area contributed by atoms with E-state index in [2.05, 4.69) is 35.6 Å². The fraction of sp³-hybridized carbons (Fsp3) is 0.783. The summed E-state index contributed by atoms with van der Waals surface area (Å²) < 4.78 is 44.2. The van der Waals surface area contributed by atoms with Gasteiger partial charge in [0.25, 0.3) is 0 Å². The van der Waals surface area contributed by atoms with Crippen LogP contribution in [-0.2, 0) is 10.9 Å². The second-order valence-electron chi connectivity index (χ2n) is 10.5. The molecule has 2 saturated heterocycles. The van der Waals surface area contributed by atoms with Crippen LogP contribution in [0.15, 0.2) is 12.4 Å². The van der Waals surface area contributed by atoms with E-state index in [4.69, 9.17) is 4.74 Å². The summed E-state index contributed by atoms with van der Waals surface area (Å²) in [5.41, 5.74) is -0.567. The van der Waals surface area contributed by atoms with Gasteiger partial charge in [-0.3, -0.25) is 4.90 Å². The van der Waals surface area contributed by atoms with Gasteiger partial charge in [0, 0.05) is 38.6 Å². The average Bonchev–Trinajstić information content (AvgIpc) is 2.71. The van der Waals surface area contributed by atoms with Crippen molar-refractivity contribution in [1.29, 1.82) is 0 Å². The summed E-state index contributed by atoms with van der Waals surface area (Å²) in [7, 11) is 0. The van der Waals surface area contributed by atoms with Gasteiger partial charge in [0.05, 0.1) is 17.6 Å². The first-order valence-corrected chi connectivity index (χ1v) is 11.7. The number of amides is 1. The molecule has 33 heavy (non-hydrogen) atoms. The number of halogens is 3. The monoisotopic (exact) mass is 471 g/mol. The Morgan fingerprint density at radius 2 is 1.61 bits per heavy atom. The van der Waals surface area contributed by atoms with E-state index in [0.29, 0.717) is 18.5 Å². The first-order valence-electron chi connectivity index (χ1n) is 11.7.